The fraction of sp³-hybridized carbons (Fsp3) is 0.548. The highest BCUT2D eigenvalue weighted by atomic mass is 19.4. The number of nitrogens with one attached hydrogen (secondary N) is 2. The average Bonchev–Trinajstić information content (AvgIpc) is 3.30. The Balaban J connectivity index is 1.60. The number of fused-ring (bicyclic) bond motifs is 1. The predicted octanol–water partition coefficient (Wildman–Crippen LogP) is 5.47. The van der Waals surface area contributed by atoms with Crippen LogP contribution in [0.15, 0.2) is 29.2 Å². The third kappa shape index (κ3) is 5.79. The molecule has 244 valence electrons. The predicted molar refractivity (Wildman–Crippen MR) is 157 cm³/mol. The highest BCUT2D eigenvalue weighted by Gasteiger charge is 2.53. The third-order valence-electron chi connectivity index (χ3n) is 8.60. The van der Waals surface area contributed by atoms with Gasteiger partial charge in [-0.05, 0) is 89.0 Å². The molecule has 1 unspecified atom stereocenters. The summed E-state index contributed by atoms with van der Waals surface area (Å²) in [6.07, 6.45) is -12.0. The SMILES string of the molecule is [2H]C1([2H])C(n2c(=O)[nH]c3ncccc32)C([2H])([2H])C([2H])([2H])N(C(=O)N[C@@H]2CC[C@@H](c3cc(C)c(C)c(F)c3F)C(C)(C)N(C(C)C(F)(F)F)C2=O)C1([2H])[2H]. The number of aromatic amines is 1. The summed E-state index contributed by atoms with van der Waals surface area (Å²) in [5.41, 5.74) is -3.56. The molecule has 2 aliphatic heterocycles. The lowest BCUT2D eigenvalue weighted by molar-refractivity contribution is -0.198. The number of likely N-dealkylation sites (tertiary alicyclic amines) is 2. The van der Waals surface area contributed by atoms with Gasteiger partial charge in [0.2, 0.25) is 5.91 Å². The number of H-pyrrole nitrogens is 1. The van der Waals surface area contributed by atoms with Crippen LogP contribution in [0.25, 0.3) is 11.2 Å². The number of aromatic nitrogens is 3. The van der Waals surface area contributed by atoms with Gasteiger partial charge in [0.05, 0.1) is 5.52 Å². The lowest BCUT2D eigenvalue weighted by Crippen LogP contribution is -2.62. The van der Waals surface area contributed by atoms with Crippen LogP contribution < -0.4 is 11.0 Å². The van der Waals surface area contributed by atoms with Gasteiger partial charge in [-0.25, -0.2) is 23.4 Å². The van der Waals surface area contributed by atoms with Crippen LogP contribution in [0.5, 0.6) is 0 Å². The maximum Gasteiger partial charge on any atom is 0.408 e. The highest BCUT2D eigenvalue weighted by molar-refractivity contribution is 5.88. The van der Waals surface area contributed by atoms with Crippen LogP contribution in [0, 0.1) is 25.5 Å². The zero-order valence-electron chi connectivity index (χ0n) is 32.9. The number of imidazole rings is 1. The Morgan fingerprint density at radius 1 is 1.16 bits per heavy atom. The number of hydrogen-bond donors (Lipinski definition) is 2. The molecule has 0 saturated carbocycles. The van der Waals surface area contributed by atoms with Crippen molar-refractivity contribution in [2.45, 2.75) is 96.0 Å². The van der Waals surface area contributed by atoms with Crippen LogP contribution in [-0.2, 0) is 4.79 Å². The summed E-state index contributed by atoms with van der Waals surface area (Å²) >= 11 is 0. The minimum atomic E-state index is -5.08. The number of alkyl halides is 3. The number of urea groups is 1. The van der Waals surface area contributed by atoms with Gasteiger partial charge < -0.3 is 15.1 Å². The van der Waals surface area contributed by atoms with Crippen LogP contribution in [0.2, 0.25) is 0 Å². The van der Waals surface area contributed by atoms with E-state index in [0.717, 1.165) is 0 Å². The van der Waals surface area contributed by atoms with E-state index in [2.05, 4.69) is 9.97 Å². The van der Waals surface area contributed by atoms with Gasteiger partial charge in [-0.1, -0.05) is 6.07 Å². The Labute approximate surface area is 268 Å². The van der Waals surface area contributed by atoms with Crippen LogP contribution >= 0.6 is 0 Å². The Morgan fingerprint density at radius 2 is 1.82 bits per heavy atom. The summed E-state index contributed by atoms with van der Waals surface area (Å²) in [5, 5.41) is 2.01. The van der Waals surface area contributed by atoms with Gasteiger partial charge >= 0.3 is 17.9 Å². The van der Waals surface area contributed by atoms with E-state index in [-0.39, 0.29) is 34.3 Å². The first-order valence-electron chi connectivity index (χ1n) is 18.1. The van der Waals surface area contributed by atoms with Crippen molar-refractivity contribution in [2.75, 3.05) is 13.0 Å². The lowest BCUT2D eigenvalue weighted by Gasteiger charge is -2.47. The molecular weight excluding hydrogens is 599 g/mol. The maximum atomic E-state index is 15.5. The summed E-state index contributed by atoms with van der Waals surface area (Å²) < 4.78 is 144. The normalized spacial score (nSPS) is 29.2. The molecule has 1 aromatic carbocycles. The summed E-state index contributed by atoms with van der Waals surface area (Å²) in [6.45, 7) is -1.78. The van der Waals surface area contributed by atoms with E-state index in [1.54, 1.807) is 0 Å². The van der Waals surface area contributed by atoms with Crippen LogP contribution in [0.4, 0.5) is 26.7 Å². The first-order valence-corrected chi connectivity index (χ1v) is 14.1. The van der Waals surface area contributed by atoms with Gasteiger partial charge in [0.15, 0.2) is 17.3 Å². The molecule has 2 aromatic heterocycles. The molecule has 45 heavy (non-hydrogen) atoms. The number of nitrogens with zero attached hydrogens (tertiary/aromatic N) is 4. The number of carbonyl (C=O) groups excluding carboxylic acids is 2. The molecule has 2 aliphatic rings. The van der Waals surface area contributed by atoms with Gasteiger partial charge in [-0.15, -0.1) is 0 Å². The first kappa shape index (κ1) is 23.4. The minimum absolute atomic E-state index is 0.0438. The second-order valence-corrected chi connectivity index (χ2v) is 11.7. The zero-order valence-corrected chi connectivity index (χ0v) is 24.9. The van der Waals surface area contributed by atoms with E-state index < -0.39 is 102 Å². The van der Waals surface area contributed by atoms with Crippen molar-refractivity contribution >= 4 is 23.1 Å². The topological polar surface area (TPSA) is 103 Å². The summed E-state index contributed by atoms with van der Waals surface area (Å²) in [4.78, 5) is 47.2. The molecule has 0 radical (unpaired) electrons. The number of hydrogen-bond acceptors (Lipinski definition) is 4. The molecule has 2 N–H and O–H groups in total. The molecule has 0 aliphatic carbocycles. The number of piperidine rings is 1. The van der Waals surface area contributed by atoms with E-state index in [4.69, 9.17) is 11.0 Å². The van der Waals surface area contributed by atoms with E-state index in [1.807, 2.05) is 5.32 Å². The van der Waals surface area contributed by atoms with E-state index >= 15 is 4.39 Å². The molecule has 5 rings (SSSR count). The molecule has 0 bridgehead atoms. The van der Waals surface area contributed by atoms with Crippen molar-refractivity contribution in [3.8, 4) is 0 Å². The van der Waals surface area contributed by atoms with Gasteiger partial charge in [0, 0.05) is 47.7 Å². The van der Waals surface area contributed by atoms with Crippen LogP contribution in [-0.4, -0.2) is 73.1 Å². The fourth-order valence-corrected chi connectivity index (χ4v) is 6.03. The van der Waals surface area contributed by atoms with Crippen LogP contribution in [0.1, 0.15) is 86.0 Å². The van der Waals surface area contributed by atoms with E-state index in [9.17, 15) is 31.9 Å². The van der Waals surface area contributed by atoms with Crippen molar-refractivity contribution < 1.29 is 42.5 Å². The Hall–Kier alpha value is -3.97. The molecule has 2 fully saturated rings. The Morgan fingerprint density at radius 3 is 2.47 bits per heavy atom. The molecule has 3 aromatic rings. The second kappa shape index (κ2) is 11.8. The summed E-state index contributed by atoms with van der Waals surface area (Å²) in [7, 11) is 0. The number of amides is 3. The number of rotatable bonds is 4. The highest BCUT2D eigenvalue weighted by Crippen LogP contribution is 2.45. The molecule has 3 amide bonds. The second-order valence-electron chi connectivity index (χ2n) is 11.7. The van der Waals surface area contributed by atoms with Crippen molar-refractivity contribution in [3.05, 3.63) is 63.2 Å². The van der Waals surface area contributed by atoms with Gasteiger partial charge in [-0.2, -0.15) is 13.2 Å². The molecule has 2 saturated heterocycles. The fourth-order valence-electron chi connectivity index (χ4n) is 6.03. The Bertz CT molecular complexity index is 2010. The smallest absolute Gasteiger partial charge is 0.326 e. The quantitative estimate of drug-likeness (QED) is 0.368. The van der Waals surface area contributed by atoms with Crippen molar-refractivity contribution in [3.63, 3.8) is 0 Å². The van der Waals surface area contributed by atoms with Gasteiger partial charge in [-0.3, -0.25) is 14.3 Å². The maximum absolute atomic E-state index is 15.5. The molecule has 3 atom stereocenters. The third-order valence-corrected chi connectivity index (χ3v) is 8.60. The van der Waals surface area contributed by atoms with Crippen molar-refractivity contribution in [1.82, 2.24) is 29.7 Å². The average molecular weight is 645 g/mol. The number of pyridine rings is 1. The standard InChI is InChI=1S/C31H37F5N6O3/c1-16-15-20(25(33)24(32)17(16)2)21-8-9-22(27(43)42(30(21,4)5)18(3)31(34,35)36)38-28(44)40-13-10-19(11-14-40)41-23-7-6-12-37-26(23)39-29(41)45/h6-7,12,15,18-19,21-22H,8-11,13-14H2,1-5H3,(H,38,44)(H,37,39,45)/t18?,21-,22+/m0/s1/i10D2,11D2,13D2,14D2. The van der Waals surface area contributed by atoms with Gasteiger partial charge in [0.25, 0.3) is 0 Å². The van der Waals surface area contributed by atoms with E-state index in [0.29, 0.717) is 16.4 Å². The van der Waals surface area contributed by atoms with Crippen molar-refractivity contribution in [2.24, 2.45) is 0 Å². The number of aryl methyl sites for hydroxylation is 1. The summed E-state index contributed by atoms with van der Waals surface area (Å²) in [6, 6.07) is -5.26. The van der Waals surface area contributed by atoms with Gasteiger partial charge in [0.1, 0.15) is 12.1 Å². The summed E-state index contributed by atoms with van der Waals surface area (Å²) in [5.74, 6) is -5.30. The lowest BCUT2D eigenvalue weighted by atomic mass is 9.77. The largest absolute Gasteiger partial charge is 0.408 e. The molecule has 14 heteroatoms. The monoisotopic (exact) mass is 644 g/mol. The molecule has 4 heterocycles. The minimum Gasteiger partial charge on any atom is -0.326 e. The Kier molecular flexibility index (Phi) is 6.11. The molecular formula is C31H37F5N6O3. The number of benzene rings is 1. The van der Waals surface area contributed by atoms with Crippen molar-refractivity contribution in [1.29, 1.82) is 0 Å². The molecule has 0 spiro atoms. The van der Waals surface area contributed by atoms with E-state index in [1.165, 1.54) is 52.1 Å². The zero-order chi connectivity index (χ0) is 40.2. The number of carbonyl (C=O) groups is 2. The van der Waals surface area contributed by atoms with Crippen LogP contribution in [0.3, 0.4) is 0 Å². The molecule has 9 nitrogen and oxygen atoms in total. The first-order chi connectivity index (χ1) is 24.1. The number of halogens is 5.